The van der Waals surface area contributed by atoms with Gasteiger partial charge in [0.2, 0.25) is 0 Å². The highest BCUT2D eigenvalue weighted by atomic mass is 79.9. The molecule has 0 saturated heterocycles. The van der Waals surface area contributed by atoms with Gasteiger partial charge in [-0.3, -0.25) is 0 Å². The quantitative estimate of drug-likeness (QED) is 0.483. The molecule has 0 aliphatic rings. The van der Waals surface area contributed by atoms with Crippen LogP contribution in [0.3, 0.4) is 0 Å². The Kier molecular flexibility index (Phi) is 3.91. The number of terminal acetylenes is 1. The number of rotatable bonds is 3. The molecule has 0 amide bonds. The molecule has 0 bridgehead atoms. The topological polar surface area (TPSA) is 78.0 Å². The van der Waals surface area contributed by atoms with E-state index in [-0.39, 0.29) is 12.2 Å². The smallest absolute Gasteiger partial charge is 0.245 e. The summed E-state index contributed by atoms with van der Waals surface area (Å²) in [5.74, 6) is 2.37. The molecule has 0 aliphatic heterocycles. The highest BCUT2D eigenvalue weighted by Gasteiger charge is 2.16. The van der Waals surface area contributed by atoms with E-state index >= 15 is 0 Å². The summed E-state index contributed by atoms with van der Waals surface area (Å²) in [6, 6.07) is 7.87. The van der Waals surface area contributed by atoms with E-state index in [2.05, 4.69) is 42.1 Å². The number of thiazole rings is 1. The minimum atomic E-state index is -0.383. The monoisotopic (exact) mass is 412 g/mol. The molecule has 0 N–H and O–H groups in total. The maximum atomic E-state index is 12.3. The lowest BCUT2D eigenvalue weighted by Crippen LogP contribution is -2.29. The van der Waals surface area contributed by atoms with Crippen molar-refractivity contribution in [2.45, 2.75) is 6.54 Å². The minimum absolute atomic E-state index is 0.0558. The van der Waals surface area contributed by atoms with E-state index in [0.29, 0.717) is 16.3 Å². The summed E-state index contributed by atoms with van der Waals surface area (Å²) in [6.45, 7) is 0.0558. The first-order valence-electron chi connectivity index (χ1n) is 7.13. The zero-order valence-electron chi connectivity index (χ0n) is 12.6. The lowest BCUT2D eigenvalue weighted by Gasteiger charge is -1.99. The SMILES string of the molecule is C#CCn1nnc2c(-c3nc(-c4ccc(Br)cc4)cs3)ncn2c1=O. The molecule has 4 rings (SSSR count). The number of halogens is 1. The van der Waals surface area contributed by atoms with Crippen LogP contribution in [0.4, 0.5) is 0 Å². The fourth-order valence-electron chi connectivity index (χ4n) is 2.31. The Bertz CT molecular complexity index is 1170. The average Bonchev–Trinajstić information content (AvgIpc) is 3.25. The molecule has 0 spiro atoms. The van der Waals surface area contributed by atoms with Crippen molar-refractivity contribution >= 4 is 32.9 Å². The van der Waals surface area contributed by atoms with Gasteiger partial charge in [-0.05, 0) is 12.1 Å². The van der Waals surface area contributed by atoms with Crippen LogP contribution in [0.15, 0.2) is 45.2 Å². The molecule has 9 heteroatoms. The molecule has 0 saturated carbocycles. The van der Waals surface area contributed by atoms with Gasteiger partial charge in [0.15, 0.2) is 5.65 Å². The lowest BCUT2D eigenvalue weighted by atomic mass is 10.2. The fourth-order valence-corrected chi connectivity index (χ4v) is 3.39. The second kappa shape index (κ2) is 6.23. The molecule has 122 valence electrons. The van der Waals surface area contributed by atoms with Crippen molar-refractivity contribution < 1.29 is 0 Å². The van der Waals surface area contributed by atoms with E-state index in [9.17, 15) is 4.79 Å². The van der Waals surface area contributed by atoms with Crippen LogP contribution >= 0.6 is 27.3 Å². The van der Waals surface area contributed by atoms with Gasteiger partial charge in [-0.2, -0.15) is 4.68 Å². The molecule has 0 atom stereocenters. The Morgan fingerprint density at radius 1 is 1.28 bits per heavy atom. The van der Waals surface area contributed by atoms with E-state index in [4.69, 9.17) is 6.42 Å². The van der Waals surface area contributed by atoms with Crippen LogP contribution in [-0.2, 0) is 6.54 Å². The number of benzene rings is 1. The first-order valence-corrected chi connectivity index (χ1v) is 8.81. The first kappa shape index (κ1) is 15.7. The van der Waals surface area contributed by atoms with Gasteiger partial charge in [-0.1, -0.05) is 39.2 Å². The van der Waals surface area contributed by atoms with Gasteiger partial charge in [0.25, 0.3) is 0 Å². The van der Waals surface area contributed by atoms with Gasteiger partial charge >= 0.3 is 5.69 Å². The number of hydrogen-bond donors (Lipinski definition) is 0. The highest BCUT2D eigenvalue weighted by Crippen LogP contribution is 2.29. The summed E-state index contributed by atoms with van der Waals surface area (Å²) in [6.07, 6.45) is 6.64. The third-order valence-electron chi connectivity index (χ3n) is 3.50. The van der Waals surface area contributed by atoms with Crippen molar-refractivity contribution in [3.8, 4) is 34.3 Å². The normalized spacial score (nSPS) is 10.9. The van der Waals surface area contributed by atoms with Crippen LogP contribution in [0, 0.1) is 12.3 Å². The Balaban J connectivity index is 1.78. The van der Waals surface area contributed by atoms with Gasteiger partial charge in [-0.15, -0.1) is 22.9 Å². The summed E-state index contributed by atoms with van der Waals surface area (Å²) in [7, 11) is 0. The van der Waals surface area contributed by atoms with Gasteiger partial charge in [0.1, 0.15) is 23.6 Å². The average molecular weight is 413 g/mol. The summed E-state index contributed by atoms with van der Waals surface area (Å²) in [4.78, 5) is 21.2. The third-order valence-corrected chi connectivity index (χ3v) is 4.88. The molecule has 0 unspecified atom stereocenters. The summed E-state index contributed by atoms with van der Waals surface area (Å²) < 4.78 is 3.43. The van der Waals surface area contributed by atoms with Crippen LogP contribution in [0.1, 0.15) is 0 Å². The molecule has 0 fully saturated rings. The summed E-state index contributed by atoms with van der Waals surface area (Å²) >= 11 is 4.85. The van der Waals surface area contributed by atoms with E-state index in [1.54, 1.807) is 0 Å². The maximum Gasteiger partial charge on any atom is 0.353 e. The van der Waals surface area contributed by atoms with Crippen LogP contribution in [0.2, 0.25) is 0 Å². The van der Waals surface area contributed by atoms with Crippen LogP contribution in [0.5, 0.6) is 0 Å². The molecule has 0 aliphatic carbocycles. The summed E-state index contributed by atoms with van der Waals surface area (Å²) in [5, 5.41) is 10.5. The lowest BCUT2D eigenvalue weighted by molar-refractivity contribution is 0.577. The molecule has 3 aromatic heterocycles. The number of imidazole rings is 1. The standard InChI is InChI=1S/C16H9BrN6OS/c1-2-7-23-16(24)22-9-18-13(14(22)20-21-23)15-19-12(8-25-15)10-3-5-11(17)6-4-10/h1,3-6,8-9H,7H2. The molecular formula is C16H9BrN6OS. The maximum absolute atomic E-state index is 12.3. The second-order valence-electron chi connectivity index (χ2n) is 5.07. The van der Waals surface area contributed by atoms with Crippen molar-refractivity contribution in [1.82, 2.24) is 29.4 Å². The van der Waals surface area contributed by atoms with Crippen molar-refractivity contribution in [1.29, 1.82) is 0 Å². The van der Waals surface area contributed by atoms with Crippen molar-refractivity contribution in [3.63, 3.8) is 0 Å². The Labute approximate surface area is 154 Å². The predicted octanol–water partition coefficient (Wildman–Crippen LogP) is 2.47. The zero-order chi connectivity index (χ0) is 17.4. The van der Waals surface area contributed by atoms with E-state index in [1.165, 1.54) is 22.1 Å². The highest BCUT2D eigenvalue weighted by molar-refractivity contribution is 9.10. The first-order chi connectivity index (χ1) is 12.2. The molecule has 0 radical (unpaired) electrons. The van der Waals surface area contributed by atoms with Gasteiger partial charge in [-0.25, -0.2) is 19.2 Å². The number of nitrogens with zero attached hydrogens (tertiary/aromatic N) is 6. The van der Waals surface area contributed by atoms with E-state index in [0.717, 1.165) is 20.4 Å². The molecule has 7 nitrogen and oxygen atoms in total. The predicted molar refractivity (Wildman–Crippen MR) is 98.1 cm³/mol. The molecular weight excluding hydrogens is 404 g/mol. The van der Waals surface area contributed by atoms with Crippen LogP contribution < -0.4 is 5.69 Å². The zero-order valence-corrected chi connectivity index (χ0v) is 15.0. The molecule has 4 aromatic rings. The molecule has 3 heterocycles. The number of hydrogen-bond acceptors (Lipinski definition) is 6. The van der Waals surface area contributed by atoms with Gasteiger partial charge in [0.05, 0.1) is 5.69 Å². The Hall–Kier alpha value is -2.83. The Morgan fingerprint density at radius 3 is 2.84 bits per heavy atom. The third kappa shape index (κ3) is 2.75. The minimum Gasteiger partial charge on any atom is -0.245 e. The molecule has 1 aromatic carbocycles. The van der Waals surface area contributed by atoms with E-state index < -0.39 is 0 Å². The van der Waals surface area contributed by atoms with Crippen LogP contribution in [-0.4, -0.2) is 29.4 Å². The van der Waals surface area contributed by atoms with Crippen molar-refractivity contribution in [2.24, 2.45) is 0 Å². The fraction of sp³-hybridized carbons (Fsp3) is 0.0625. The van der Waals surface area contributed by atoms with Gasteiger partial charge in [0, 0.05) is 15.4 Å². The number of fused-ring (bicyclic) bond motifs is 1. The van der Waals surface area contributed by atoms with Crippen molar-refractivity contribution in [2.75, 3.05) is 0 Å². The second-order valence-corrected chi connectivity index (χ2v) is 6.84. The van der Waals surface area contributed by atoms with Gasteiger partial charge < -0.3 is 0 Å². The van der Waals surface area contributed by atoms with Crippen LogP contribution in [0.25, 0.3) is 27.6 Å². The van der Waals surface area contributed by atoms with E-state index in [1.807, 2.05) is 29.6 Å². The van der Waals surface area contributed by atoms with Crippen molar-refractivity contribution in [3.05, 3.63) is 50.9 Å². The Morgan fingerprint density at radius 2 is 2.08 bits per heavy atom. The largest absolute Gasteiger partial charge is 0.353 e. The molecule has 25 heavy (non-hydrogen) atoms. The summed E-state index contributed by atoms with van der Waals surface area (Å²) in [5.41, 5.74) is 2.33. The number of aromatic nitrogens is 6.